The third-order valence-electron chi connectivity index (χ3n) is 1.00. The number of carbonyl (C=O) groups excluding carboxylic acids is 1. The van der Waals surface area contributed by atoms with Crippen LogP contribution in [-0.2, 0) is 4.79 Å². The molecule has 1 heterocycles. The summed E-state index contributed by atoms with van der Waals surface area (Å²) in [4.78, 5) is 10.3. The Balaban J connectivity index is 2.44. The van der Waals surface area contributed by atoms with Crippen LogP contribution < -0.4 is 5.32 Å². The molecule has 0 amide bonds. The number of Topliss-reactive ketones (excluding diaryl/α,β-unsaturated/α-hetero) is 1. The Morgan fingerprint density at radius 1 is 1.86 bits per heavy atom. The largest absolute Gasteiger partial charge is 0.378 e. The molecule has 0 fully saturated rings. The third kappa shape index (κ3) is 0.633. The van der Waals surface area contributed by atoms with E-state index in [1.165, 1.54) is 0 Å². The summed E-state index contributed by atoms with van der Waals surface area (Å²) < 4.78 is 0. The zero-order valence-corrected chi connectivity index (χ0v) is 4.14. The lowest BCUT2D eigenvalue weighted by Crippen LogP contribution is -2.36. The van der Waals surface area contributed by atoms with Crippen LogP contribution in [0.4, 0.5) is 0 Å². The monoisotopic (exact) mass is 97.1 g/mol. The SMILES string of the molecule is CC(=O)[C@@H]1C=CN1. The molecule has 1 aliphatic heterocycles. The molecule has 0 bridgehead atoms. The number of ketones is 1. The molecular formula is C5H7NO. The highest BCUT2D eigenvalue weighted by atomic mass is 16.1. The summed E-state index contributed by atoms with van der Waals surface area (Å²) in [5.41, 5.74) is 0. The molecule has 0 radical (unpaired) electrons. The lowest BCUT2D eigenvalue weighted by atomic mass is 10.1. The van der Waals surface area contributed by atoms with E-state index in [4.69, 9.17) is 0 Å². The van der Waals surface area contributed by atoms with Crippen LogP contribution in [0.5, 0.6) is 0 Å². The Kier molecular flexibility index (Phi) is 0.855. The van der Waals surface area contributed by atoms with Crippen molar-refractivity contribution in [3.05, 3.63) is 12.3 Å². The van der Waals surface area contributed by atoms with Gasteiger partial charge in [0.1, 0.15) is 6.04 Å². The Labute approximate surface area is 42.2 Å². The molecule has 2 nitrogen and oxygen atoms in total. The minimum absolute atomic E-state index is 0.0139. The highest BCUT2D eigenvalue weighted by Gasteiger charge is 2.12. The van der Waals surface area contributed by atoms with Gasteiger partial charge in [0.15, 0.2) is 5.78 Å². The average molecular weight is 97.1 g/mol. The summed E-state index contributed by atoms with van der Waals surface area (Å²) in [7, 11) is 0. The number of carbonyl (C=O) groups is 1. The maximum absolute atomic E-state index is 10.3. The lowest BCUT2D eigenvalue weighted by molar-refractivity contribution is -0.118. The van der Waals surface area contributed by atoms with Crippen molar-refractivity contribution in [2.45, 2.75) is 13.0 Å². The lowest BCUT2D eigenvalue weighted by Gasteiger charge is -2.16. The molecule has 0 aliphatic carbocycles. The molecule has 2 heteroatoms. The summed E-state index contributed by atoms with van der Waals surface area (Å²) in [5, 5.41) is 2.81. The first-order chi connectivity index (χ1) is 3.30. The number of hydrogen-bond donors (Lipinski definition) is 1. The second kappa shape index (κ2) is 1.37. The summed E-state index contributed by atoms with van der Waals surface area (Å²) in [5.74, 6) is 0.183. The van der Waals surface area contributed by atoms with Crippen molar-refractivity contribution in [1.29, 1.82) is 0 Å². The predicted octanol–water partition coefficient (Wildman–Crippen LogP) is 0.0609. The van der Waals surface area contributed by atoms with Crippen LogP contribution in [0.2, 0.25) is 0 Å². The average Bonchev–Trinajstić information content (AvgIpc) is 1.23. The van der Waals surface area contributed by atoms with E-state index < -0.39 is 0 Å². The smallest absolute Gasteiger partial charge is 0.155 e. The number of hydrogen-bond acceptors (Lipinski definition) is 2. The fourth-order valence-electron chi connectivity index (χ4n) is 0.445. The fraction of sp³-hybridized carbons (Fsp3) is 0.400. The van der Waals surface area contributed by atoms with Crippen molar-refractivity contribution in [2.75, 3.05) is 0 Å². The van der Waals surface area contributed by atoms with Gasteiger partial charge in [-0.3, -0.25) is 4.79 Å². The molecule has 0 saturated carbocycles. The molecule has 1 aliphatic rings. The van der Waals surface area contributed by atoms with Gasteiger partial charge in [-0.25, -0.2) is 0 Å². The van der Waals surface area contributed by atoms with E-state index in [0.717, 1.165) is 0 Å². The van der Waals surface area contributed by atoms with Crippen molar-refractivity contribution < 1.29 is 4.79 Å². The van der Waals surface area contributed by atoms with Crippen LogP contribution in [0.25, 0.3) is 0 Å². The zero-order chi connectivity index (χ0) is 5.28. The first-order valence-corrected chi connectivity index (χ1v) is 2.24. The van der Waals surface area contributed by atoms with Gasteiger partial charge in [0.2, 0.25) is 0 Å². The van der Waals surface area contributed by atoms with Gasteiger partial charge in [-0.05, 0) is 19.2 Å². The van der Waals surface area contributed by atoms with Crippen LogP contribution in [0.1, 0.15) is 6.92 Å². The molecule has 1 rings (SSSR count). The standard InChI is InChI=1S/C5H7NO/c1-4(7)5-2-3-6-5/h2-3,5-6H,1H3/t5-/m0/s1. The summed E-state index contributed by atoms with van der Waals surface area (Å²) in [6.07, 6.45) is 3.61. The molecule has 0 aromatic rings. The van der Waals surface area contributed by atoms with Gasteiger partial charge in [0.05, 0.1) is 0 Å². The molecule has 1 N–H and O–H groups in total. The van der Waals surface area contributed by atoms with E-state index in [9.17, 15) is 4.79 Å². The van der Waals surface area contributed by atoms with E-state index >= 15 is 0 Å². The number of rotatable bonds is 1. The van der Waals surface area contributed by atoms with Crippen molar-refractivity contribution in [3.8, 4) is 0 Å². The van der Waals surface area contributed by atoms with Gasteiger partial charge in [-0.1, -0.05) is 0 Å². The maximum Gasteiger partial charge on any atom is 0.155 e. The van der Waals surface area contributed by atoms with Gasteiger partial charge in [0.25, 0.3) is 0 Å². The summed E-state index contributed by atoms with van der Waals surface area (Å²) in [6, 6.07) is 0.0139. The normalized spacial score (nSPS) is 25.6. The van der Waals surface area contributed by atoms with E-state index in [1.807, 2.05) is 6.08 Å². The van der Waals surface area contributed by atoms with Crippen molar-refractivity contribution >= 4 is 5.78 Å². The van der Waals surface area contributed by atoms with Gasteiger partial charge >= 0.3 is 0 Å². The first kappa shape index (κ1) is 4.37. The van der Waals surface area contributed by atoms with Crippen molar-refractivity contribution in [2.24, 2.45) is 0 Å². The Hall–Kier alpha value is -0.790. The molecule has 0 spiro atoms. The predicted molar refractivity (Wildman–Crippen MR) is 26.7 cm³/mol. The quantitative estimate of drug-likeness (QED) is 0.501. The molecule has 38 valence electrons. The van der Waals surface area contributed by atoms with Crippen molar-refractivity contribution in [3.63, 3.8) is 0 Å². The summed E-state index contributed by atoms with van der Waals surface area (Å²) in [6.45, 7) is 1.57. The first-order valence-electron chi connectivity index (χ1n) is 2.24. The van der Waals surface area contributed by atoms with Crippen molar-refractivity contribution in [1.82, 2.24) is 5.32 Å². The van der Waals surface area contributed by atoms with Gasteiger partial charge in [-0.2, -0.15) is 0 Å². The topological polar surface area (TPSA) is 29.1 Å². The molecule has 0 saturated heterocycles. The second-order valence-electron chi connectivity index (χ2n) is 1.61. The molecule has 0 aromatic heterocycles. The molecule has 0 unspecified atom stereocenters. The third-order valence-corrected chi connectivity index (χ3v) is 1.00. The van der Waals surface area contributed by atoms with E-state index in [0.29, 0.717) is 0 Å². The van der Waals surface area contributed by atoms with Gasteiger partial charge in [-0.15, -0.1) is 0 Å². The van der Waals surface area contributed by atoms with E-state index in [-0.39, 0.29) is 11.8 Å². The van der Waals surface area contributed by atoms with Gasteiger partial charge in [0, 0.05) is 0 Å². The van der Waals surface area contributed by atoms with Gasteiger partial charge < -0.3 is 5.32 Å². The molecule has 0 aromatic carbocycles. The molecule has 1 atom stereocenters. The van der Waals surface area contributed by atoms with E-state index in [1.54, 1.807) is 13.1 Å². The van der Waals surface area contributed by atoms with E-state index in [2.05, 4.69) is 5.32 Å². The minimum atomic E-state index is 0.0139. The number of nitrogens with one attached hydrogen (secondary N) is 1. The zero-order valence-electron chi connectivity index (χ0n) is 4.14. The van der Waals surface area contributed by atoms with Crippen LogP contribution in [-0.4, -0.2) is 11.8 Å². The van der Waals surface area contributed by atoms with Crippen LogP contribution in [0.15, 0.2) is 12.3 Å². The highest BCUT2D eigenvalue weighted by molar-refractivity contribution is 5.84. The highest BCUT2D eigenvalue weighted by Crippen LogP contribution is 1.95. The minimum Gasteiger partial charge on any atom is -0.378 e. The second-order valence-corrected chi connectivity index (χ2v) is 1.61. The summed E-state index contributed by atoms with van der Waals surface area (Å²) >= 11 is 0. The Morgan fingerprint density at radius 2 is 2.43 bits per heavy atom. The van der Waals surface area contributed by atoms with Crippen LogP contribution in [0, 0.1) is 0 Å². The fourth-order valence-corrected chi connectivity index (χ4v) is 0.445. The maximum atomic E-state index is 10.3. The molecular weight excluding hydrogens is 90.1 g/mol. The Morgan fingerprint density at radius 3 is 2.43 bits per heavy atom. The Bertz CT molecular complexity index is 117. The molecule has 7 heavy (non-hydrogen) atoms. The van der Waals surface area contributed by atoms with Crippen LogP contribution >= 0.6 is 0 Å². The van der Waals surface area contributed by atoms with Crippen LogP contribution in [0.3, 0.4) is 0 Å².